The quantitative estimate of drug-likeness (QED) is 0.801. The monoisotopic (exact) mass is 340 g/mol. The van der Waals surface area contributed by atoms with Gasteiger partial charge in [0.1, 0.15) is 5.75 Å². The van der Waals surface area contributed by atoms with E-state index in [0.29, 0.717) is 6.54 Å². The minimum Gasteiger partial charge on any atom is -0.491 e. The summed E-state index contributed by atoms with van der Waals surface area (Å²) < 4.78 is 6.53. The summed E-state index contributed by atoms with van der Waals surface area (Å²) in [6, 6.07) is 5.59. The molecule has 110 valence electrons. The molecule has 1 amide bonds. The molecule has 0 aromatic heterocycles. The molecular weight excluding hydrogens is 320 g/mol. The fourth-order valence-corrected chi connectivity index (χ4v) is 2.36. The maximum Gasteiger partial charge on any atom is 0.238 e. The summed E-state index contributed by atoms with van der Waals surface area (Å²) in [5.41, 5.74) is 0.744. The highest BCUT2D eigenvalue weighted by Crippen LogP contribution is 2.27. The highest BCUT2D eigenvalue weighted by Gasteiger charge is 2.20. The van der Waals surface area contributed by atoms with Crippen LogP contribution in [0.4, 0.5) is 5.69 Å². The normalized spacial score (nSPS) is 14.4. The molecule has 5 heteroatoms. The molecule has 0 atom stereocenters. The molecule has 0 saturated heterocycles. The van der Waals surface area contributed by atoms with Crippen LogP contribution in [0, 0.1) is 5.92 Å². The summed E-state index contributed by atoms with van der Waals surface area (Å²) in [5, 5.41) is 6.05. The number of hydrogen-bond donors (Lipinski definition) is 2. The SMILES string of the molecule is CC(C)Oc1cc(Br)cc(NC(=O)CNCC2CC2)c1. The predicted molar refractivity (Wildman–Crippen MR) is 84.1 cm³/mol. The van der Waals surface area contributed by atoms with Crippen molar-refractivity contribution in [3.8, 4) is 5.75 Å². The van der Waals surface area contributed by atoms with Crippen LogP contribution in [0.15, 0.2) is 22.7 Å². The Hall–Kier alpha value is -1.07. The van der Waals surface area contributed by atoms with Crippen LogP contribution in [0.2, 0.25) is 0 Å². The van der Waals surface area contributed by atoms with Crippen LogP contribution in [0.5, 0.6) is 5.75 Å². The molecule has 0 radical (unpaired) electrons. The third-order valence-corrected chi connectivity index (χ3v) is 3.40. The maximum absolute atomic E-state index is 11.8. The van der Waals surface area contributed by atoms with Crippen molar-refractivity contribution in [1.82, 2.24) is 5.32 Å². The Morgan fingerprint density at radius 3 is 2.80 bits per heavy atom. The van der Waals surface area contributed by atoms with Crippen LogP contribution in [-0.4, -0.2) is 25.1 Å². The van der Waals surface area contributed by atoms with Crippen molar-refractivity contribution in [1.29, 1.82) is 0 Å². The number of rotatable bonds is 7. The van der Waals surface area contributed by atoms with Crippen molar-refractivity contribution < 1.29 is 9.53 Å². The number of anilines is 1. The van der Waals surface area contributed by atoms with Gasteiger partial charge in [0, 0.05) is 16.2 Å². The van der Waals surface area contributed by atoms with Gasteiger partial charge in [0.05, 0.1) is 12.6 Å². The van der Waals surface area contributed by atoms with Gasteiger partial charge in [0.2, 0.25) is 5.91 Å². The van der Waals surface area contributed by atoms with E-state index in [-0.39, 0.29) is 12.0 Å². The number of halogens is 1. The molecule has 0 bridgehead atoms. The van der Waals surface area contributed by atoms with Crippen molar-refractivity contribution in [3.05, 3.63) is 22.7 Å². The van der Waals surface area contributed by atoms with E-state index >= 15 is 0 Å². The van der Waals surface area contributed by atoms with E-state index in [9.17, 15) is 4.79 Å². The van der Waals surface area contributed by atoms with Crippen LogP contribution in [0.3, 0.4) is 0 Å². The third kappa shape index (κ3) is 5.51. The lowest BCUT2D eigenvalue weighted by Gasteiger charge is -2.12. The molecule has 0 spiro atoms. The lowest BCUT2D eigenvalue weighted by Crippen LogP contribution is -2.29. The summed E-state index contributed by atoms with van der Waals surface area (Å²) in [4.78, 5) is 11.8. The van der Waals surface area contributed by atoms with Gasteiger partial charge in [-0.05, 0) is 51.3 Å². The number of benzene rings is 1. The van der Waals surface area contributed by atoms with E-state index in [1.54, 1.807) is 0 Å². The highest BCUT2D eigenvalue weighted by atomic mass is 79.9. The van der Waals surface area contributed by atoms with Gasteiger partial charge in [-0.3, -0.25) is 4.79 Å². The number of carbonyl (C=O) groups excluding carboxylic acids is 1. The second-order valence-corrected chi connectivity index (χ2v) is 6.38. The molecule has 0 heterocycles. The standard InChI is InChI=1S/C15H21BrN2O2/c1-10(2)20-14-6-12(16)5-13(7-14)18-15(19)9-17-8-11-3-4-11/h5-7,10-11,17H,3-4,8-9H2,1-2H3,(H,18,19). The van der Waals surface area contributed by atoms with E-state index < -0.39 is 0 Å². The van der Waals surface area contributed by atoms with Crippen LogP contribution in [-0.2, 0) is 4.79 Å². The molecule has 1 aromatic carbocycles. The first-order valence-electron chi connectivity index (χ1n) is 7.01. The maximum atomic E-state index is 11.8. The third-order valence-electron chi connectivity index (χ3n) is 2.94. The predicted octanol–water partition coefficient (Wildman–Crippen LogP) is 3.17. The van der Waals surface area contributed by atoms with Gasteiger partial charge >= 0.3 is 0 Å². The summed E-state index contributed by atoms with van der Waals surface area (Å²) in [6.07, 6.45) is 2.68. The van der Waals surface area contributed by atoms with Crippen molar-refractivity contribution in [2.45, 2.75) is 32.8 Å². The molecular formula is C15H21BrN2O2. The minimum absolute atomic E-state index is 0.0285. The van der Waals surface area contributed by atoms with Gasteiger partial charge in [0.15, 0.2) is 0 Å². The zero-order chi connectivity index (χ0) is 14.5. The first-order chi connectivity index (χ1) is 9.52. The van der Waals surface area contributed by atoms with Gasteiger partial charge in [-0.25, -0.2) is 0 Å². The summed E-state index contributed by atoms with van der Waals surface area (Å²) >= 11 is 3.43. The zero-order valence-corrected chi connectivity index (χ0v) is 13.5. The van der Waals surface area contributed by atoms with Gasteiger partial charge < -0.3 is 15.4 Å². The van der Waals surface area contributed by atoms with Crippen LogP contribution in [0.25, 0.3) is 0 Å². The van der Waals surface area contributed by atoms with Crippen LogP contribution in [0.1, 0.15) is 26.7 Å². The smallest absolute Gasteiger partial charge is 0.238 e. The average Bonchev–Trinajstić information content (AvgIpc) is 3.10. The molecule has 2 rings (SSSR count). The fourth-order valence-electron chi connectivity index (χ4n) is 1.89. The Bertz CT molecular complexity index is 473. The minimum atomic E-state index is -0.0285. The van der Waals surface area contributed by atoms with Crippen molar-refractivity contribution in [2.24, 2.45) is 5.92 Å². The zero-order valence-electron chi connectivity index (χ0n) is 11.9. The van der Waals surface area contributed by atoms with E-state index in [0.717, 1.165) is 28.4 Å². The first-order valence-corrected chi connectivity index (χ1v) is 7.80. The van der Waals surface area contributed by atoms with Gasteiger partial charge in [-0.1, -0.05) is 15.9 Å². The second kappa shape index (κ2) is 7.09. The van der Waals surface area contributed by atoms with Gasteiger partial charge in [-0.2, -0.15) is 0 Å². The second-order valence-electron chi connectivity index (χ2n) is 5.46. The number of hydrogen-bond acceptors (Lipinski definition) is 3. The Morgan fingerprint density at radius 2 is 2.15 bits per heavy atom. The molecule has 0 unspecified atom stereocenters. The van der Waals surface area contributed by atoms with Crippen molar-refractivity contribution in [3.63, 3.8) is 0 Å². The molecule has 1 fully saturated rings. The number of nitrogens with one attached hydrogen (secondary N) is 2. The lowest BCUT2D eigenvalue weighted by atomic mass is 10.3. The van der Waals surface area contributed by atoms with Gasteiger partial charge in [0.25, 0.3) is 0 Å². The Kier molecular flexibility index (Phi) is 5.43. The van der Waals surface area contributed by atoms with Crippen LogP contribution >= 0.6 is 15.9 Å². The molecule has 2 N–H and O–H groups in total. The van der Waals surface area contributed by atoms with Gasteiger partial charge in [-0.15, -0.1) is 0 Å². The fraction of sp³-hybridized carbons (Fsp3) is 0.533. The molecule has 20 heavy (non-hydrogen) atoms. The highest BCUT2D eigenvalue weighted by molar-refractivity contribution is 9.10. The largest absolute Gasteiger partial charge is 0.491 e. The Morgan fingerprint density at radius 1 is 1.40 bits per heavy atom. The van der Waals surface area contributed by atoms with E-state index in [1.165, 1.54) is 12.8 Å². The number of carbonyl (C=O) groups is 1. The molecule has 1 aliphatic rings. The Labute approximate surface area is 128 Å². The van der Waals surface area contributed by atoms with E-state index in [2.05, 4.69) is 26.6 Å². The number of amides is 1. The lowest BCUT2D eigenvalue weighted by molar-refractivity contribution is -0.115. The van der Waals surface area contributed by atoms with E-state index in [4.69, 9.17) is 4.74 Å². The van der Waals surface area contributed by atoms with Crippen LogP contribution < -0.4 is 15.4 Å². The summed E-state index contributed by atoms with van der Waals surface area (Å²) in [7, 11) is 0. The summed E-state index contributed by atoms with van der Waals surface area (Å²) in [6.45, 7) is 5.24. The molecule has 0 aliphatic heterocycles. The first kappa shape index (κ1) is 15.3. The topological polar surface area (TPSA) is 50.4 Å². The molecule has 1 aromatic rings. The van der Waals surface area contributed by atoms with E-state index in [1.807, 2.05) is 32.0 Å². The van der Waals surface area contributed by atoms with Crippen molar-refractivity contribution in [2.75, 3.05) is 18.4 Å². The van der Waals surface area contributed by atoms with Crippen molar-refractivity contribution >= 4 is 27.5 Å². The molecule has 1 aliphatic carbocycles. The molecule has 4 nitrogen and oxygen atoms in total. The Balaban J connectivity index is 1.86. The molecule has 1 saturated carbocycles. The number of ether oxygens (including phenoxy) is 1. The average molecular weight is 341 g/mol. The summed E-state index contributed by atoms with van der Waals surface area (Å²) in [5.74, 6) is 1.49.